The molecular weight excluding hydrogens is 584 g/mol. The van der Waals surface area contributed by atoms with Crippen LogP contribution < -0.4 is 15.6 Å². The quantitative estimate of drug-likeness (QED) is 0.0718. The molecule has 1 aliphatic heterocycles. The number of nitrogens with zero attached hydrogens (tertiary/aromatic N) is 2. The summed E-state index contributed by atoms with van der Waals surface area (Å²) in [6.07, 6.45) is 2.82. The zero-order valence-corrected chi connectivity index (χ0v) is 27.3. The number of aromatic nitrogens is 2. The molecule has 5 rings (SSSR count). The van der Waals surface area contributed by atoms with Crippen LogP contribution in [-0.4, -0.2) is 46.9 Å². The SMILES string of the molecule is CC(C)C(=N)c1ccc(O)cc1.CCc1c2c(nc3ccc(OCNC=O)cc13)-c1cc(C(C)(C=O)CC)c(COC)c(=O)n1C2. The third-order valence-electron chi connectivity index (χ3n) is 8.55. The minimum Gasteiger partial charge on any atom is -0.508 e. The molecule has 0 aliphatic carbocycles. The van der Waals surface area contributed by atoms with E-state index < -0.39 is 5.41 Å². The molecule has 0 radical (unpaired) electrons. The first kappa shape index (κ1) is 34.1. The largest absolute Gasteiger partial charge is 0.508 e. The lowest BCUT2D eigenvalue weighted by molar-refractivity contribution is -0.112. The lowest BCUT2D eigenvalue weighted by Gasteiger charge is -2.25. The molecule has 1 unspecified atom stereocenters. The van der Waals surface area contributed by atoms with Crippen molar-refractivity contribution in [2.75, 3.05) is 13.8 Å². The Morgan fingerprint density at radius 1 is 1.13 bits per heavy atom. The molecule has 4 aromatic rings. The number of nitrogens with one attached hydrogen (secondary N) is 2. The lowest BCUT2D eigenvalue weighted by Crippen LogP contribution is -2.32. The molecule has 2 aromatic carbocycles. The van der Waals surface area contributed by atoms with Crippen LogP contribution >= 0.6 is 0 Å². The van der Waals surface area contributed by atoms with Crippen LogP contribution in [0, 0.1) is 11.3 Å². The molecule has 3 heterocycles. The smallest absolute Gasteiger partial charge is 0.257 e. The predicted molar refractivity (Wildman–Crippen MR) is 179 cm³/mol. The zero-order chi connectivity index (χ0) is 33.6. The third kappa shape index (κ3) is 6.72. The number of fused-ring (bicyclic) bond motifs is 4. The summed E-state index contributed by atoms with van der Waals surface area (Å²) in [5, 5.41) is 20.1. The second-order valence-corrected chi connectivity index (χ2v) is 11.8. The predicted octanol–water partition coefficient (Wildman–Crippen LogP) is 5.50. The molecule has 0 saturated heterocycles. The zero-order valence-electron chi connectivity index (χ0n) is 27.3. The molecule has 10 heteroatoms. The van der Waals surface area contributed by atoms with Crippen molar-refractivity contribution in [2.24, 2.45) is 5.92 Å². The third-order valence-corrected chi connectivity index (χ3v) is 8.55. The van der Waals surface area contributed by atoms with Crippen molar-refractivity contribution in [3.8, 4) is 22.9 Å². The maximum atomic E-state index is 13.6. The van der Waals surface area contributed by atoms with Gasteiger partial charge in [-0.15, -0.1) is 0 Å². The van der Waals surface area contributed by atoms with Crippen LogP contribution in [0.15, 0.2) is 53.3 Å². The van der Waals surface area contributed by atoms with Crippen molar-refractivity contribution in [3.63, 3.8) is 0 Å². The minimum atomic E-state index is -0.794. The van der Waals surface area contributed by atoms with Gasteiger partial charge in [-0.05, 0) is 90.9 Å². The number of aryl methyl sites for hydroxylation is 1. The van der Waals surface area contributed by atoms with E-state index in [1.165, 1.54) is 0 Å². The number of ether oxygens (including phenoxy) is 2. The number of phenols is 1. The molecule has 10 nitrogen and oxygen atoms in total. The summed E-state index contributed by atoms with van der Waals surface area (Å²) in [4.78, 5) is 41.1. The number of pyridine rings is 2. The molecule has 3 N–H and O–H groups in total. The number of benzene rings is 2. The molecule has 0 saturated carbocycles. The Morgan fingerprint density at radius 3 is 2.43 bits per heavy atom. The number of aromatic hydroxyl groups is 1. The van der Waals surface area contributed by atoms with Gasteiger partial charge in [-0.3, -0.25) is 9.59 Å². The number of rotatable bonds is 12. The first-order valence-corrected chi connectivity index (χ1v) is 15.4. The number of hydrogen-bond acceptors (Lipinski definition) is 8. The van der Waals surface area contributed by atoms with E-state index in [2.05, 4.69) is 12.2 Å². The van der Waals surface area contributed by atoms with Crippen molar-refractivity contribution in [1.82, 2.24) is 14.9 Å². The maximum absolute atomic E-state index is 13.6. The van der Waals surface area contributed by atoms with Gasteiger partial charge in [0.2, 0.25) is 6.41 Å². The van der Waals surface area contributed by atoms with Crippen LogP contribution in [0.3, 0.4) is 0 Å². The Labute approximate surface area is 268 Å². The Hall–Kier alpha value is -4.83. The number of aldehydes is 1. The van der Waals surface area contributed by atoms with Gasteiger partial charge in [-0.2, -0.15) is 0 Å². The van der Waals surface area contributed by atoms with Crippen molar-refractivity contribution >= 4 is 29.3 Å². The summed E-state index contributed by atoms with van der Waals surface area (Å²) in [5.74, 6) is 1.10. The Morgan fingerprint density at radius 2 is 1.85 bits per heavy atom. The van der Waals surface area contributed by atoms with E-state index in [0.717, 1.165) is 51.7 Å². The summed E-state index contributed by atoms with van der Waals surface area (Å²) in [5.41, 5.74) is 6.14. The highest BCUT2D eigenvalue weighted by atomic mass is 16.5. The van der Waals surface area contributed by atoms with Gasteiger partial charge in [0, 0.05) is 34.7 Å². The van der Waals surface area contributed by atoms with Crippen molar-refractivity contribution in [2.45, 2.75) is 66.0 Å². The Bertz CT molecular complexity index is 1810. The molecule has 0 bridgehead atoms. The fraction of sp³-hybridized carbons (Fsp3) is 0.361. The van der Waals surface area contributed by atoms with Crippen LogP contribution in [0.2, 0.25) is 0 Å². The Kier molecular flexibility index (Phi) is 10.7. The first-order chi connectivity index (χ1) is 22.0. The Balaban J connectivity index is 0.000000337. The van der Waals surface area contributed by atoms with E-state index in [0.29, 0.717) is 42.0 Å². The number of carbonyl (C=O) groups is 2. The molecule has 1 amide bonds. The fourth-order valence-electron chi connectivity index (χ4n) is 5.69. The van der Waals surface area contributed by atoms with Gasteiger partial charge in [-0.25, -0.2) is 4.98 Å². The van der Waals surface area contributed by atoms with Crippen molar-refractivity contribution in [3.05, 3.63) is 86.7 Å². The number of hydrogen-bond donors (Lipinski definition) is 3. The average molecular weight is 627 g/mol. The van der Waals surface area contributed by atoms with E-state index in [4.69, 9.17) is 25.0 Å². The monoisotopic (exact) mass is 626 g/mol. The summed E-state index contributed by atoms with van der Waals surface area (Å²) in [6.45, 7) is 10.5. The number of amides is 1. The highest BCUT2D eigenvalue weighted by Crippen LogP contribution is 2.39. The van der Waals surface area contributed by atoms with Crippen LogP contribution in [0.25, 0.3) is 22.3 Å². The van der Waals surface area contributed by atoms with Gasteiger partial charge in [0.25, 0.3) is 5.56 Å². The van der Waals surface area contributed by atoms with E-state index in [9.17, 15) is 14.4 Å². The van der Waals surface area contributed by atoms with E-state index >= 15 is 0 Å². The second kappa shape index (κ2) is 14.5. The number of phenolic OH excluding ortho intramolecular Hbond substituents is 1. The van der Waals surface area contributed by atoms with Gasteiger partial charge < -0.3 is 34.7 Å². The molecule has 46 heavy (non-hydrogen) atoms. The molecule has 242 valence electrons. The minimum absolute atomic E-state index is 0.0770. The summed E-state index contributed by atoms with van der Waals surface area (Å²) in [7, 11) is 1.55. The number of methoxy groups -OCH3 is 1. The van der Waals surface area contributed by atoms with Crippen molar-refractivity contribution < 1.29 is 24.2 Å². The van der Waals surface area contributed by atoms with Crippen LogP contribution in [0.1, 0.15) is 68.9 Å². The highest BCUT2D eigenvalue weighted by Gasteiger charge is 2.33. The summed E-state index contributed by atoms with van der Waals surface area (Å²) >= 11 is 0. The highest BCUT2D eigenvalue weighted by molar-refractivity contribution is 5.99. The molecule has 1 aliphatic rings. The maximum Gasteiger partial charge on any atom is 0.257 e. The summed E-state index contributed by atoms with van der Waals surface area (Å²) in [6, 6.07) is 14.3. The average Bonchev–Trinajstić information content (AvgIpc) is 3.43. The van der Waals surface area contributed by atoms with Gasteiger partial charge in [-0.1, -0.05) is 27.7 Å². The van der Waals surface area contributed by atoms with Crippen LogP contribution in [-0.2, 0) is 39.3 Å². The van der Waals surface area contributed by atoms with E-state index in [1.807, 2.05) is 52.0 Å². The molecule has 0 fully saturated rings. The molecular formula is C36H42N4O6. The summed E-state index contributed by atoms with van der Waals surface area (Å²) < 4.78 is 12.7. The normalized spacial score (nSPS) is 12.8. The standard InChI is InChI=1S/C26H29N3O5.C10H13NO/c1-5-17-18-9-16(34-15-27-14-31)7-8-22(18)28-24-19(17)11-29-23(24)10-21(26(3,6-2)13-30)20(12-33-4)25(29)32;1-7(2)10(11)8-3-5-9(12)6-4-8/h7-10,13-14H,5-6,11-12,15H2,1-4H3,(H,27,31);3-7,11-12H,1-2H3. The molecule has 2 aromatic heterocycles. The fourth-order valence-corrected chi connectivity index (χ4v) is 5.69. The van der Waals surface area contributed by atoms with Crippen LogP contribution in [0.4, 0.5) is 0 Å². The van der Waals surface area contributed by atoms with Crippen molar-refractivity contribution in [1.29, 1.82) is 5.41 Å². The van der Waals surface area contributed by atoms with Crippen LogP contribution in [0.5, 0.6) is 11.5 Å². The van der Waals surface area contributed by atoms with Gasteiger partial charge in [0.15, 0.2) is 6.73 Å². The first-order valence-electron chi connectivity index (χ1n) is 15.4. The second-order valence-electron chi connectivity index (χ2n) is 11.8. The lowest BCUT2D eigenvalue weighted by atomic mass is 9.79. The number of carbonyl (C=O) groups excluding carboxylic acids is 2. The van der Waals surface area contributed by atoms with E-state index in [-0.39, 0.29) is 30.6 Å². The van der Waals surface area contributed by atoms with E-state index in [1.54, 1.807) is 35.9 Å². The topological polar surface area (TPSA) is 144 Å². The molecule has 0 spiro atoms. The van der Waals surface area contributed by atoms with Gasteiger partial charge >= 0.3 is 0 Å². The molecule has 1 atom stereocenters. The van der Waals surface area contributed by atoms with Gasteiger partial charge in [0.05, 0.1) is 30.1 Å². The van der Waals surface area contributed by atoms with Gasteiger partial charge in [0.1, 0.15) is 17.8 Å².